The van der Waals surface area contributed by atoms with Crippen LogP contribution in [0, 0.1) is 0 Å². The van der Waals surface area contributed by atoms with Crippen LogP contribution >= 0.6 is 11.8 Å². The average molecular weight is 425 g/mol. The van der Waals surface area contributed by atoms with Gasteiger partial charge < -0.3 is 20.1 Å². The number of carbonyl (C=O) groups is 4. The molecule has 0 aliphatic rings. The number of esters is 2. The average Bonchev–Trinajstić information content (AvgIpc) is 2.75. The Balaban J connectivity index is 2.74. The van der Waals surface area contributed by atoms with Gasteiger partial charge in [0.25, 0.3) is 0 Å². The highest BCUT2D eigenvalue weighted by molar-refractivity contribution is 7.98. The van der Waals surface area contributed by atoms with Crippen LogP contribution in [0.4, 0.5) is 0 Å². The van der Waals surface area contributed by atoms with E-state index in [4.69, 9.17) is 4.74 Å². The molecular formula is C20H28N2O6S. The van der Waals surface area contributed by atoms with Crippen LogP contribution in [0.25, 0.3) is 0 Å². The van der Waals surface area contributed by atoms with Crippen molar-refractivity contribution in [2.45, 2.75) is 44.0 Å². The fraction of sp³-hybridized carbons (Fsp3) is 0.500. The first-order chi connectivity index (χ1) is 13.9. The van der Waals surface area contributed by atoms with Crippen molar-refractivity contribution in [3.05, 3.63) is 35.9 Å². The largest absolute Gasteiger partial charge is 0.469 e. The lowest BCUT2D eigenvalue weighted by molar-refractivity contribution is -0.146. The molecule has 29 heavy (non-hydrogen) atoms. The van der Waals surface area contributed by atoms with Crippen molar-refractivity contribution >= 4 is 35.5 Å². The van der Waals surface area contributed by atoms with E-state index in [1.54, 1.807) is 6.92 Å². The Morgan fingerprint density at radius 3 is 2.28 bits per heavy atom. The normalized spacial score (nSPS) is 12.4. The third-order valence-electron chi connectivity index (χ3n) is 4.04. The van der Waals surface area contributed by atoms with Gasteiger partial charge in [0.2, 0.25) is 11.8 Å². The lowest BCUT2D eigenvalue weighted by Crippen LogP contribution is -2.53. The molecule has 0 spiro atoms. The summed E-state index contributed by atoms with van der Waals surface area (Å²) >= 11 is 1.49. The van der Waals surface area contributed by atoms with Gasteiger partial charge in [-0.15, -0.1) is 0 Å². The molecule has 160 valence electrons. The fourth-order valence-electron chi connectivity index (χ4n) is 2.38. The second kappa shape index (κ2) is 13.6. The first-order valence-electron chi connectivity index (χ1n) is 9.27. The number of rotatable bonds is 12. The molecule has 2 amide bonds. The van der Waals surface area contributed by atoms with E-state index < -0.39 is 29.9 Å². The van der Waals surface area contributed by atoms with Crippen molar-refractivity contribution in [1.29, 1.82) is 0 Å². The van der Waals surface area contributed by atoms with Crippen LogP contribution in [0.2, 0.25) is 0 Å². The zero-order valence-corrected chi connectivity index (χ0v) is 17.8. The standard InChI is InChI=1S/C20H28N2O6S/c1-4-17(23)21-16(13-29-12-14-8-6-5-7-9-14)19(25)22-15(20(26)28-3)10-11-18(24)27-2/h5-9,15-16H,4,10-13H2,1-3H3,(H,21,23)(H,22,25)/t15-,16-/m1/s1. The Labute approximate surface area is 175 Å². The molecule has 0 aliphatic carbocycles. The van der Waals surface area contributed by atoms with E-state index in [1.807, 2.05) is 30.3 Å². The van der Waals surface area contributed by atoms with Crippen LogP contribution in [0.1, 0.15) is 31.7 Å². The smallest absolute Gasteiger partial charge is 0.328 e. The summed E-state index contributed by atoms with van der Waals surface area (Å²) in [5.41, 5.74) is 1.10. The molecule has 0 unspecified atom stereocenters. The first kappa shape index (κ1) is 24.5. The number of hydrogen-bond acceptors (Lipinski definition) is 7. The van der Waals surface area contributed by atoms with Gasteiger partial charge in [-0.1, -0.05) is 37.3 Å². The number of benzene rings is 1. The van der Waals surface area contributed by atoms with Crippen LogP contribution in [-0.4, -0.2) is 55.8 Å². The molecule has 8 nitrogen and oxygen atoms in total. The molecule has 0 saturated carbocycles. The van der Waals surface area contributed by atoms with Gasteiger partial charge in [-0.05, 0) is 12.0 Å². The van der Waals surface area contributed by atoms with Gasteiger partial charge in [-0.3, -0.25) is 14.4 Å². The summed E-state index contributed by atoms with van der Waals surface area (Å²) in [6.07, 6.45) is 0.220. The van der Waals surface area contributed by atoms with E-state index >= 15 is 0 Å². The van der Waals surface area contributed by atoms with Crippen LogP contribution < -0.4 is 10.6 Å². The van der Waals surface area contributed by atoms with Crippen molar-refractivity contribution in [1.82, 2.24) is 10.6 Å². The number of carbonyl (C=O) groups excluding carboxylic acids is 4. The van der Waals surface area contributed by atoms with E-state index in [0.717, 1.165) is 5.56 Å². The third-order valence-corrected chi connectivity index (χ3v) is 5.14. The van der Waals surface area contributed by atoms with E-state index in [-0.39, 0.29) is 25.2 Å². The summed E-state index contributed by atoms with van der Waals surface area (Å²) in [5.74, 6) is -0.934. The SMILES string of the molecule is CCC(=O)N[C@H](CSCc1ccccc1)C(=O)N[C@H](CCC(=O)OC)C(=O)OC. The fourth-order valence-corrected chi connectivity index (χ4v) is 3.39. The molecule has 9 heteroatoms. The highest BCUT2D eigenvalue weighted by atomic mass is 32.2. The van der Waals surface area contributed by atoms with Crippen LogP contribution in [0.5, 0.6) is 0 Å². The van der Waals surface area contributed by atoms with E-state index in [1.165, 1.54) is 26.0 Å². The molecular weight excluding hydrogens is 396 g/mol. The maximum absolute atomic E-state index is 12.7. The highest BCUT2D eigenvalue weighted by Gasteiger charge is 2.27. The number of hydrogen-bond donors (Lipinski definition) is 2. The van der Waals surface area contributed by atoms with Gasteiger partial charge in [-0.25, -0.2) is 4.79 Å². The predicted octanol–water partition coefficient (Wildman–Crippen LogP) is 1.43. The van der Waals surface area contributed by atoms with Gasteiger partial charge in [-0.2, -0.15) is 11.8 Å². The Morgan fingerprint density at radius 2 is 1.69 bits per heavy atom. The van der Waals surface area contributed by atoms with Crippen LogP contribution in [-0.2, 0) is 34.4 Å². The second-order valence-corrected chi connectivity index (χ2v) is 7.20. The molecule has 1 rings (SSSR count). The maximum Gasteiger partial charge on any atom is 0.328 e. The molecule has 0 radical (unpaired) electrons. The van der Waals surface area contributed by atoms with E-state index in [0.29, 0.717) is 11.5 Å². The van der Waals surface area contributed by atoms with Crippen molar-refractivity contribution in [2.24, 2.45) is 0 Å². The molecule has 0 saturated heterocycles. The number of ether oxygens (including phenoxy) is 2. The zero-order valence-electron chi connectivity index (χ0n) is 16.9. The van der Waals surface area contributed by atoms with Crippen molar-refractivity contribution < 1.29 is 28.7 Å². The van der Waals surface area contributed by atoms with Gasteiger partial charge in [0.05, 0.1) is 14.2 Å². The first-order valence-corrected chi connectivity index (χ1v) is 10.4. The minimum Gasteiger partial charge on any atom is -0.469 e. The minimum atomic E-state index is -1.01. The van der Waals surface area contributed by atoms with Gasteiger partial charge in [0, 0.05) is 24.3 Å². The molecule has 1 aromatic rings. The topological polar surface area (TPSA) is 111 Å². The van der Waals surface area contributed by atoms with Gasteiger partial charge in [0.15, 0.2) is 0 Å². The number of nitrogens with one attached hydrogen (secondary N) is 2. The summed E-state index contributed by atoms with van der Waals surface area (Å²) in [4.78, 5) is 47.9. The summed E-state index contributed by atoms with van der Waals surface area (Å²) in [5, 5.41) is 5.25. The molecule has 0 bridgehead atoms. The number of thioether (sulfide) groups is 1. The van der Waals surface area contributed by atoms with Crippen molar-refractivity contribution in [3.8, 4) is 0 Å². The van der Waals surface area contributed by atoms with E-state index in [2.05, 4.69) is 15.4 Å². The molecule has 0 fully saturated rings. The highest BCUT2D eigenvalue weighted by Crippen LogP contribution is 2.13. The molecule has 0 aliphatic heterocycles. The van der Waals surface area contributed by atoms with Crippen molar-refractivity contribution in [2.75, 3.05) is 20.0 Å². The molecule has 0 aromatic heterocycles. The van der Waals surface area contributed by atoms with E-state index in [9.17, 15) is 19.2 Å². The number of methoxy groups -OCH3 is 2. The van der Waals surface area contributed by atoms with Crippen LogP contribution in [0.15, 0.2) is 30.3 Å². The number of amides is 2. The third kappa shape index (κ3) is 9.47. The summed E-state index contributed by atoms with van der Waals surface area (Å²) < 4.78 is 9.27. The Bertz CT molecular complexity index is 683. The van der Waals surface area contributed by atoms with Gasteiger partial charge >= 0.3 is 11.9 Å². The molecule has 0 heterocycles. The van der Waals surface area contributed by atoms with Crippen molar-refractivity contribution in [3.63, 3.8) is 0 Å². The van der Waals surface area contributed by atoms with Crippen LogP contribution in [0.3, 0.4) is 0 Å². The predicted molar refractivity (Wildman–Crippen MR) is 110 cm³/mol. The monoisotopic (exact) mass is 424 g/mol. The second-order valence-electron chi connectivity index (χ2n) is 6.17. The molecule has 1 aromatic carbocycles. The summed E-state index contributed by atoms with van der Waals surface area (Å²) in [7, 11) is 2.44. The lowest BCUT2D eigenvalue weighted by atomic mass is 10.1. The quantitative estimate of drug-likeness (QED) is 0.488. The molecule has 2 atom stereocenters. The Kier molecular flexibility index (Phi) is 11.5. The maximum atomic E-state index is 12.7. The van der Waals surface area contributed by atoms with Gasteiger partial charge in [0.1, 0.15) is 12.1 Å². The Hall–Kier alpha value is -2.55. The summed E-state index contributed by atoms with van der Waals surface area (Å²) in [6.45, 7) is 1.69. The zero-order chi connectivity index (χ0) is 21.6. The lowest BCUT2D eigenvalue weighted by Gasteiger charge is -2.22. The Morgan fingerprint density at radius 1 is 1.00 bits per heavy atom. The summed E-state index contributed by atoms with van der Waals surface area (Å²) in [6, 6.07) is 7.92. The molecule has 2 N–H and O–H groups in total. The minimum absolute atomic E-state index is 0.0384.